The summed E-state index contributed by atoms with van der Waals surface area (Å²) in [6.07, 6.45) is 11.6. The average Bonchev–Trinajstić information content (AvgIpc) is 3.37. The number of nitrogens with zero attached hydrogens (tertiary/aromatic N) is 1. The van der Waals surface area contributed by atoms with E-state index in [0.717, 1.165) is 44.3 Å². The van der Waals surface area contributed by atoms with Crippen molar-refractivity contribution in [3.63, 3.8) is 0 Å². The van der Waals surface area contributed by atoms with E-state index in [1.54, 1.807) is 12.2 Å². The maximum atomic E-state index is 12.4. The summed E-state index contributed by atoms with van der Waals surface area (Å²) in [5.41, 5.74) is 5.31. The predicted molar refractivity (Wildman–Crippen MR) is 100 cm³/mol. The lowest BCUT2D eigenvalue weighted by Gasteiger charge is -2.29. The van der Waals surface area contributed by atoms with E-state index in [-0.39, 0.29) is 23.8 Å². The molecule has 4 N–H and O–H groups in total. The summed E-state index contributed by atoms with van der Waals surface area (Å²) in [5, 5.41) is 17.8. The fraction of sp³-hybridized carbons (Fsp3) is 0.526. The Morgan fingerprint density at radius 1 is 1.48 bits per heavy atom. The number of carbonyl (C=O) groups is 1. The lowest BCUT2D eigenvalue weighted by atomic mass is 10.0. The highest BCUT2D eigenvalue weighted by Crippen LogP contribution is 2.44. The van der Waals surface area contributed by atoms with Gasteiger partial charge in [0.1, 0.15) is 5.76 Å². The van der Waals surface area contributed by atoms with Crippen molar-refractivity contribution in [3.05, 3.63) is 48.0 Å². The molecule has 0 saturated heterocycles. The molecule has 6 heteroatoms. The largest absolute Gasteiger partial charge is 0.508 e. The van der Waals surface area contributed by atoms with Crippen LogP contribution in [0.1, 0.15) is 39.0 Å². The van der Waals surface area contributed by atoms with Crippen LogP contribution < -0.4 is 16.1 Å². The molecular formula is C19H30N4O2. The second kappa shape index (κ2) is 8.76. The van der Waals surface area contributed by atoms with E-state index in [1.807, 2.05) is 12.1 Å². The zero-order valence-corrected chi connectivity index (χ0v) is 15.3. The van der Waals surface area contributed by atoms with Crippen LogP contribution in [0.15, 0.2) is 48.0 Å². The summed E-state index contributed by atoms with van der Waals surface area (Å²) < 4.78 is 0. The van der Waals surface area contributed by atoms with E-state index in [0.29, 0.717) is 0 Å². The van der Waals surface area contributed by atoms with Crippen LogP contribution in [-0.4, -0.2) is 41.7 Å². The zero-order chi connectivity index (χ0) is 18.3. The van der Waals surface area contributed by atoms with Crippen LogP contribution in [0.25, 0.3) is 0 Å². The maximum Gasteiger partial charge on any atom is 0.239 e. The van der Waals surface area contributed by atoms with Crippen LogP contribution in [0.2, 0.25) is 0 Å². The number of allylic oxidation sites excluding steroid dienone is 4. The number of hydrogen-bond acceptors (Lipinski definition) is 5. The highest BCUT2D eigenvalue weighted by Gasteiger charge is 2.47. The number of hydrogen-bond donors (Lipinski definition) is 4. The number of rotatable bonds is 9. The molecule has 0 aromatic rings. The van der Waals surface area contributed by atoms with Crippen molar-refractivity contribution in [3.8, 4) is 0 Å². The smallest absolute Gasteiger partial charge is 0.239 e. The molecule has 2 aliphatic rings. The van der Waals surface area contributed by atoms with Crippen LogP contribution in [0.5, 0.6) is 0 Å². The van der Waals surface area contributed by atoms with E-state index in [2.05, 4.69) is 35.8 Å². The van der Waals surface area contributed by atoms with Gasteiger partial charge in [0.05, 0.1) is 12.1 Å². The molecule has 1 fully saturated rings. The van der Waals surface area contributed by atoms with E-state index >= 15 is 0 Å². The molecule has 1 saturated carbocycles. The van der Waals surface area contributed by atoms with Gasteiger partial charge in [-0.15, -0.1) is 0 Å². The number of aliphatic hydroxyl groups excluding tert-OH is 1. The third kappa shape index (κ3) is 5.67. The molecule has 138 valence electrons. The van der Waals surface area contributed by atoms with Crippen molar-refractivity contribution < 1.29 is 9.90 Å². The van der Waals surface area contributed by atoms with E-state index < -0.39 is 0 Å². The summed E-state index contributed by atoms with van der Waals surface area (Å²) in [6, 6.07) is 0. The second-order valence-electron chi connectivity index (χ2n) is 6.64. The van der Waals surface area contributed by atoms with Gasteiger partial charge in [-0.25, -0.2) is 5.43 Å². The molecule has 1 aliphatic heterocycles. The van der Waals surface area contributed by atoms with E-state index in [4.69, 9.17) is 0 Å². The topological polar surface area (TPSA) is 76.6 Å². The third-order valence-corrected chi connectivity index (χ3v) is 4.51. The number of amides is 1. The highest BCUT2D eigenvalue weighted by molar-refractivity contribution is 5.80. The van der Waals surface area contributed by atoms with Gasteiger partial charge in [-0.1, -0.05) is 19.9 Å². The minimum absolute atomic E-state index is 0.00138. The van der Waals surface area contributed by atoms with Gasteiger partial charge in [0, 0.05) is 25.5 Å². The van der Waals surface area contributed by atoms with E-state index in [9.17, 15) is 9.90 Å². The lowest BCUT2D eigenvalue weighted by Crippen LogP contribution is -2.46. The van der Waals surface area contributed by atoms with Crippen molar-refractivity contribution in [2.45, 2.75) is 44.6 Å². The minimum Gasteiger partial charge on any atom is -0.508 e. The summed E-state index contributed by atoms with van der Waals surface area (Å²) >= 11 is 0. The van der Waals surface area contributed by atoms with Crippen molar-refractivity contribution in [1.29, 1.82) is 0 Å². The first-order valence-electron chi connectivity index (χ1n) is 8.94. The third-order valence-electron chi connectivity index (χ3n) is 4.51. The Bertz CT molecular complexity index is 588. The fourth-order valence-electron chi connectivity index (χ4n) is 2.98. The Balaban J connectivity index is 1.90. The molecule has 0 unspecified atom stereocenters. The Kier molecular flexibility index (Phi) is 6.70. The lowest BCUT2D eigenvalue weighted by molar-refractivity contribution is -0.120. The molecule has 1 aliphatic carbocycles. The average molecular weight is 346 g/mol. The number of carbonyl (C=O) groups excluding carboxylic acids is 1. The molecule has 0 bridgehead atoms. The van der Waals surface area contributed by atoms with Crippen molar-refractivity contribution >= 4 is 5.91 Å². The van der Waals surface area contributed by atoms with Gasteiger partial charge >= 0.3 is 0 Å². The van der Waals surface area contributed by atoms with Gasteiger partial charge in [-0.3, -0.25) is 4.79 Å². The first kappa shape index (κ1) is 19.1. The highest BCUT2D eigenvalue weighted by atomic mass is 16.3. The standard InChI is InChI=1S/C19H30N4O2/c1-4-6-16(7-8-17(24)5-2)20-13-18(25)22-19(10-11-19)15-9-12-21-23(3)14-15/h5,7-8,14,20-21,24H,2,4,6,9-13H2,1,3H3,(H,22,25)/b16-7+,17-8+. The van der Waals surface area contributed by atoms with Gasteiger partial charge in [0.15, 0.2) is 0 Å². The van der Waals surface area contributed by atoms with Gasteiger partial charge in [-0.05, 0) is 49.5 Å². The molecule has 1 heterocycles. The Morgan fingerprint density at radius 2 is 2.24 bits per heavy atom. The molecule has 0 aromatic carbocycles. The van der Waals surface area contributed by atoms with Gasteiger partial charge in [0.2, 0.25) is 5.91 Å². The summed E-state index contributed by atoms with van der Waals surface area (Å²) in [5.74, 6) is 0.109. The zero-order valence-electron chi connectivity index (χ0n) is 15.3. The Labute approximate surface area is 150 Å². The Hall–Kier alpha value is -2.21. The van der Waals surface area contributed by atoms with Gasteiger partial charge in [0.25, 0.3) is 0 Å². The molecule has 6 nitrogen and oxygen atoms in total. The first-order valence-corrected chi connectivity index (χ1v) is 8.94. The van der Waals surface area contributed by atoms with Crippen LogP contribution in [0.4, 0.5) is 0 Å². The first-order chi connectivity index (χ1) is 12.0. The summed E-state index contributed by atoms with van der Waals surface area (Å²) in [7, 11) is 1.98. The van der Waals surface area contributed by atoms with Crippen LogP contribution in [-0.2, 0) is 4.79 Å². The molecule has 1 amide bonds. The van der Waals surface area contributed by atoms with Crippen LogP contribution >= 0.6 is 0 Å². The predicted octanol–water partition coefficient (Wildman–Crippen LogP) is 2.26. The summed E-state index contributed by atoms with van der Waals surface area (Å²) in [4.78, 5) is 12.4. The van der Waals surface area contributed by atoms with Crippen LogP contribution in [0, 0.1) is 0 Å². The van der Waals surface area contributed by atoms with Crippen molar-refractivity contribution in [1.82, 2.24) is 21.1 Å². The van der Waals surface area contributed by atoms with Crippen LogP contribution in [0.3, 0.4) is 0 Å². The number of aliphatic hydroxyl groups is 1. The summed E-state index contributed by atoms with van der Waals surface area (Å²) in [6.45, 7) is 6.72. The molecular weight excluding hydrogens is 316 g/mol. The normalized spacial score (nSPS) is 19.9. The monoisotopic (exact) mass is 346 g/mol. The van der Waals surface area contributed by atoms with E-state index in [1.165, 1.54) is 11.6 Å². The van der Waals surface area contributed by atoms with Crippen molar-refractivity contribution in [2.24, 2.45) is 0 Å². The second-order valence-corrected chi connectivity index (χ2v) is 6.64. The number of nitrogens with one attached hydrogen (secondary N) is 3. The molecule has 0 aromatic heterocycles. The van der Waals surface area contributed by atoms with Gasteiger partial charge in [-0.2, -0.15) is 0 Å². The maximum absolute atomic E-state index is 12.4. The number of hydrazine groups is 1. The molecule has 0 atom stereocenters. The Morgan fingerprint density at radius 3 is 2.84 bits per heavy atom. The quantitative estimate of drug-likeness (QED) is 0.381. The molecule has 2 rings (SSSR count). The van der Waals surface area contributed by atoms with Crippen molar-refractivity contribution in [2.75, 3.05) is 20.1 Å². The molecule has 0 spiro atoms. The SMILES string of the molecule is C=C/C(O)=C\C=C(/CCC)NCC(=O)NC1(C2=CN(C)NCC2)CC1. The van der Waals surface area contributed by atoms with Gasteiger partial charge < -0.3 is 20.7 Å². The molecule has 0 radical (unpaired) electrons. The fourth-order valence-corrected chi connectivity index (χ4v) is 2.98. The molecule has 25 heavy (non-hydrogen) atoms. The minimum atomic E-state index is -0.148.